The molecule has 3 aromatic rings. The molecular weight excluding hydrogens is 378 g/mol. The highest BCUT2D eigenvalue weighted by Gasteiger charge is 2.13. The number of halogens is 1. The summed E-state index contributed by atoms with van der Waals surface area (Å²) in [4.78, 5) is 28.4. The molecule has 0 bridgehead atoms. The minimum absolute atomic E-state index is 0.290. The Morgan fingerprint density at radius 2 is 1.71 bits per heavy atom. The largest absolute Gasteiger partial charge is 0.465 e. The number of anilines is 3. The van der Waals surface area contributed by atoms with Crippen molar-refractivity contribution in [3.05, 3.63) is 82.5 Å². The van der Waals surface area contributed by atoms with E-state index in [2.05, 4.69) is 20.4 Å². The number of benzene rings is 2. The summed E-state index contributed by atoms with van der Waals surface area (Å²) in [5, 5.41) is 6.16. The fourth-order valence-electron chi connectivity index (χ4n) is 2.45. The van der Waals surface area contributed by atoms with Crippen molar-refractivity contribution in [1.29, 1.82) is 0 Å². The Bertz CT molecular complexity index is 1000. The summed E-state index contributed by atoms with van der Waals surface area (Å²) in [6.07, 6.45) is 1.46. The number of carbonyl (C=O) groups excluding carboxylic acids is 2. The molecule has 0 aliphatic carbocycles. The lowest BCUT2D eigenvalue weighted by molar-refractivity contribution is 0.0600. The van der Waals surface area contributed by atoms with Gasteiger partial charge < -0.3 is 15.4 Å². The van der Waals surface area contributed by atoms with E-state index in [4.69, 9.17) is 11.6 Å². The third-order valence-electron chi connectivity index (χ3n) is 3.99. The first-order valence-corrected chi connectivity index (χ1v) is 8.83. The van der Waals surface area contributed by atoms with E-state index in [1.807, 2.05) is 31.2 Å². The lowest BCUT2D eigenvalue weighted by Crippen LogP contribution is -2.13. The van der Waals surface area contributed by atoms with Gasteiger partial charge in [-0.15, -0.1) is 0 Å². The molecule has 1 amide bonds. The van der Waals surface area contributed by atoms with E-state index < -0.39 is 11.9 Å². The van der Waals surface area contributed by atoms with Gasteiger partial charge in [-0.1, -0.05) is 29.3 Å². The third-order valence-corrected chi connectivity index (χ3v) is 4.31. The maximum Gasteiger partial charge on any atom is 0.337 e. The van der Waals surface area contributed by atoms with Gasteiger partial charge in [0.1, 0.15) is 5.82 Å². The van der Waals surface area contributed by atoms with Gasteiger partial charge in [0.2, 0.25) is 0 Å². The molecule has 1 aromatic heterocycles. The maximum atomic E-state index is 12.5. The summed E-state index contributed by atoms with van der Waals surface area (Å²) in [5.74, 6) is -0.287. The van der Waals surface area contributed by atoms with Crippen LogP contribution in [-0.2, 0) is 4.74 Å². The number of amides is 1. The molecule has 2 aromatic carbocycles. The zero-order chi connectivity index (χ0) is 20.1. The van der Waals surface area contributed by atoms with Crippen LogP contribution in [0.5, 0.6) is 0 Å². The minimum Gasteiger partial charge on any atom is -0.465 e. The fraction of sp³-hybridized carbons (Fsp3) is 0.0952. The molecule has 0 aliphatic heterocycles. The Labute approximate surface area is 167 Å². The standard InChI is InChI=1S/C21H18ClN3O3/c1-13-3-7-16(8-4-13)24-19-10-6-15(12-23-19)20(26)25-18-11-14(21(27)28-2)5-9-17(18)22/h3-12H,1-2H3,(H,23,24)(H,25,26). The van der Waals surface area contributed by atoms with E-state index in [0.29, 0.717) is 22.1 Å². The number of hydrogen-bond donors (Lipinski definition) is 2. The first-order valence-electron chi connectivity index (χ1n) is 8.45. The molecule has 0 atom stereocenters. The van der Waals surface area contributed by atoms with E-state index in [-0.39, 0.29) is 5.56 Å². The Kier molecular flexibility index (Phi) is 5.91. The molecule has 7 heteroatoms. The van der Waals surface area contributed by atoms with Gasteiger partial charge in [-0.3, -0.25) is 4.79 Å². The highest BCUT2D eigenvalue weighted by molar-refractivity contribution is 6.34. The van der Waals surface area contributed by atoms with Crippen molar-refractivity contribution in [2.45, 2.75) is 6.92 Å². The summed E-state index contributed by atoms with van der Waals surface area (Å²) < 4.78 is 4.68. The van der Waals surface area contributed by atoms with Gasteiger partial charge in [0.25, 0.3) is 5.91 Å². The van der Waals surface area contributed by atoms with Crippen molar-refractivity contribution in [2.75, 3.05) is 17.7 Å². The topological polar surface area (TPSA) is 80.3 Å². The predicted molar refractivity (Wildman–Crippen MR) is 109 cm³/mol. The molecule has 0 aliphatic rings. The normalized spacial score (nSPS) is 10.2. The summed E-state index contributed by atoms with van der Waals surface area (Å²) in [6, 6.07) is 15.8. The van der Waals surface area contributed by atoms with Crippen molar-refractivity contribution in [3.63, 3.8) is 0 Å². The molecular formula is C21H18ClN3O3. The van der Waals surface area contributed by atoms with E-state index in [1.54, 1.807) is 12.1 Å². The molecule has 1 heterocycles. The average molecular weight is 396 g/mol. The van der Waals surface area contributed by atoms with Crippen molar-refractivity contribution in [3.8, 4) is 0 Å². The molecule has 2 N–H and O–H groups in total. The van der Waals surface area contributed by atoms with E-state index in [0.717, 1.165) is 5.69 Å². The van der Waals surface area contributed by atoms with E-state index >= 15 is 0 Å². The number of hydrogen-bond acceptors (Lipinski definition) is 5. The lowest BCUT2D eigenvalue weighted by atomic mass is 10.2. The molecule has 0 saturated heterocycles. The lowest BCUT2D eigenvalue weighted by Gasteiger charge is -2.10. The monoisotopic (exact) mass is 395 g/mol. The molecule has 0 radical (unpaired) electrons. The van der Waals surface area contributed by atoms with Gasteiger partial charge in [-0.25, -0.2) is 9.78 Å². The Morgan fingerprint density at radius 1 is 1.00 bits per heavy atom. The number of rotatable bonds is 5. The average Bonchev–Trinajstić information content (AvgIpc) is 2.71. The zero-order valence-electron chi connectivity index (χ0n) is 15.3. The number of pyridine rings is 1. The number of methoxy groups -OCH3 is 1. The minimum atomic E-state index is -0.514. The van der Waals surface area contributed by atoms with Gasteiger partial charge in [-0.05, 0) is 49.4 Å². The van der Waals surface area contributed by atoms with Crippen LogP contribution in [0.15, 0.2) is 60.8 Å². The number of nitrogens with one attached hydrogen (secondary N) is 2. The highest BCUT2D eigenvalue weighted by Crippen LogP contribution is 2.24. The molecule has 28 heavy (non-hydrogen) atoms. The van der Waals surface area contributed by atoms with Crippen LogP contribution in [0.1, 0.15) is 26.3 Å². The molecule has 0 saturated carbocycles. The van der Waals surface area contributed by atoms with Gasteiger partial charge in [0, 0.05) is 11.9 Å². The maximum absolute atomic E-state index is 12.5. The summed E-state index contributed by atoms with van der Waals surface area (Å²) in [6.45, 7) is 2.02. The van der Waals surface area contributed by atoms with Gasteiger partial charge in [-0.2, -0.15) is 0 Å². The Balaban J connectivity index is 1.71. The van der Waals surface area contributed by atoms with Crippen LogP contribution in [0.2, 0.25) is 5.02 Å². The number of aryl methyl sites for hydroxylation is 1. The highest BCUT2D eigenvalue weighted by atomic mass is 35.5. The van der Waals surface area contributed by atoms with Crippen molar-refractivity contribution in [2.24, 2.45) is 0 Å². The summed E-state index contributed by atoms with van der Waals surface area (Å²) in [5.41, 5.74) is 3.03. The zero-order valence-corrected chi connectivity index (χ0v) is 16.1. The second kappa shape index (κ2) is 8.54. The number of carbonyl (C=O) groups is 2. The van der Waals surface area contributed by atoms with Crippen LogP contribution in [-0.4, -0.2) is 24.0 Å². The smallest absolute Gasteiger partial charge is 0.337 e. The van der Waals surface area contributed by atoms with Crippen LogP contribution in [0, 0.1) is 6.92 Å². The first kappa shape index (κ1) is 19.4. The number of ether oxygens (including phenoxy) is 1. The summed E-state index contributed by atoms with van der Waals surface area (Å²) in [7, 11) is 1.28. The SMILES string of the molecule is COC(=O)c1ccc(Cl)c(NC(=O)c2ccc(Nc3ccc(C)cc3)nc2)c1. The van der Waals surface area contributed by atoms with Gasteiger partial charge in [0.15, 0.2) is 0 Å². The molecule has 0 unspecified atom stereocenters. The van der Waals surface area contributed by atoms with Crippen molar-refractivity contribution < 1.29 is 14.3 Å². The number of nitrogens with zero attached hydrogens (tertiary/aromatic N) is 1. The predicted octanol–water partition coefficient (Wildman–Crippen LogP) is 4.83. The molecule has 142 valence electrons. The third kappa shape index (κ3) is 4.66. The first-order chi connectivity index (χ1) is 13.5. The van der Waals surface area contributed by atoms with Crippen LogP contribution >= 0.6 is 11.6 Å². The quantitative estimate of drug-likeness (QED) is 0.605. The summed E-state index contributed by atoms with van der Waals surface area (Å²) >= 11 is 6.11. The van der Waals surface area contributed by atoms with E-state index in [9.17, 15) is 9.59 Å². The van der Waals surface area contributed by atoms with Crippen molar-refractivity contribution in [1.82, 2.24) is 4.98 Å². The van der Waals surface area contributed by atoms with Gasteiger partial charge in [0.05, 0.1) is 28.9 Å². The Morgan fingerprint density at radius 3 is 2.36 bits per heavy atom. The molecule has 6 nitrogen and oxygen atoms in total. The Hall–Kier alpha value is -3.38. The van der Waals surface area contributed by atoms with Crippen molar-refractivity contribution >= 4 is 40.7 Å². The number of aromatic nitrogens is 1. The van der Waals surface area contributed by atoms with Crippen LogP contribution < -0.4 is 10.6 Å². The molecule has 0 fully saturated rings. The molecule has 0 spiro atoms. The molecule has 3 rings (SSSR count). The van der Waals surface area contributed by atoms with Crippen LogP contribution in [0.25, 0.3) is 0 Å². The second-order valence-electron chi connectivity index (χ2n) is 6.06. The van der Waals surface area contributed by atoms with E-state index in [1.165, 1.54) is 37.1 Å². The van der Waals surface area contributed by atoms with Crippen LogP contribution in [0.4, 0.5) is 17.2 Å². The second-order valence-corrected chi connectivity index (χ2v) is 6.47. The van der Waals surface area contributed by atoms with Crippen LogP contribution in [0.3, 0.4) is 0 Å². The number of esters is 1. The van der Waals surface area contributed by atoms with Gasteiger partial charge >= 0.3 is 5.97 Å². The fourth-order valence-corrected chi connectivity index (χ4v) is 2.61.